The molecule has 1 saturated carbocycles. The fourth-order valence-electron chi connectivity index (χ4n) is 1.93. The molecular formula is C14H19N3O2. The number of furan rings is 1. The van der Waals surface area contributed by atoms with Crippen molar-refractivity contribution in [3.8, 4) is 5.75 Å². The molecule has 0 atom stereocenters. The molecule has 0 radical (unpaired) electrons. The molecule has 102 valence electrons. The topological polar surface area (TPSA) is 52.2 Å². The molecule has 1 N–H and O–H groups in total. The average molecular weight is 261 g/mol. The number of hydrogen-bond acceptors (Lipinski definition) is 4. The molecule has 0 amide bonds. The van der Waals surface area contributed by atoms with Crippen LogP contribution in [0, 0.1) is 0 Å². The third kappa shape index (κ3) is 3.17. The van der Waals surface area contributed by atoms with Gasteiger partial charge in [-0.15, -0.1) is 0 Å². The number of ether oxygens (including phenoxy) is 1. The molecule has 3 rings (SSSR count). The van der Waals surface area contributed by atoms with Gasteiger partial charge in [-0.2, -0.15) is 5.10 Å². The van der Waals surface area contributed by atoms with Gasteiger partial charge in [-0.25, -0.2) is 0 Å². The van der Waals surface area contributed by atoms with E-state index in [0.29, 0.717) is 12.6 Å². The van der Waals surface area contributed by atoms with Crippen LogP contribution in [0.25, 0.3) is 0 Å². The van der Waals surface area contributed by atoms with E-state index in [9.17, 15) is 0 Å². The van der Waals surface area contributed by atoms with E-state index < -0.39 is 0 Å². The van der Waals surface area contributed by atoms with Crippen LogP contribution < -0.4 is 10.1 Å². The molecule has 0 bridgehead atoms. The van der Waals surface area contributed by atoms with Gasteiger partial charge in [-0.3, -0.25) is 4.68 Å². The molecule has 0 unspecified atom stereocenters. The van der Waals surface area contributed by atoms with Crippen LogP contribution in [-0.4, -0.2) is 15.8 Å². The van der Waals surface area contributed by atoms with Gasteiger partial charge >= 0.3 is 0 Å². The van der Waals surface area contributed by atoms with Crippen LogP contribution in [0.15, 0.2) is 29.1 Å². The molecule has 0 aromatic carbocycles. The molecule has 1 fully saturated rings. The van der Waals surface area contributed by atoms with Crippen molar-refractivity contribution in [1.82, 2.24) is 15.1 Å². The van der Waals surface area contributed by atoms with E-state index >= 15 is 0 Å². The summed E-state index contributed by atoms with van der Waals surface area (Å²) in [5, 5.41) is 7.63. The SMILES string of the molecule is CCn1cc(OCc2ccoc2CNC2CC2)cn1. The van der Waals surface area contributed by atoms with Gasteiger partial charge in [0.05, 0.1) is 25.2 Å². The Bertz CT molecular complexity index is 528. The highest BCUT2D eigenvalue weighted by atomic mass is 16.5. The van der Waals surface area contributed by atoms with Crippen LogP contribution in [0.1, 0.15) is 31.1 Å². The Hall–Kier alpha value is -1.75. The molecule has 1 aliphatic rings. The molecule has 0 aliphatic heterocycles. The Balaban J connectivity index is 1.55. The maximum absolute atomic E-state index is 5.72. The quantitative estimate of drug-likeness (QED) is 0.831. The van der Waals surface area contributed by atoms with Crippen molar-refractivity contribution >= 4 is 0 Å². The second-order valence-electron chi connectivity index (χ2n) is 4.84. The lowest BCUT2D eigenvalue weighted by Crippen LogP contribution is -2.16. The van der Waals surface area contributed by atoms with Gasteiger partial charge in [-0.1, -0.05) is 0 Å². The summed E-state index contributed by atoms with van der Waals surface area (Å²) >= 11 is 0. The number of aryl methyl sites for hydroxylation is 1. The molecule has 1 aliphatic carbocycles. The van der Waals surface area contributed by atoms with Crippen molar-refractivity contribution in [3.05, 3.63) is 36.0 Å². The zero-order chi connectivity index (χ0) is 13.1. The Morgan fingerprint density at radius 2 is 2.42 bits per heavy atom. The summed E-state index contributed by atoms with van der Waals surface area (Å²) in [6.45, 7) is 4.21. The van der Waals surface area contributed by atoms with E-state index in [1.807, 2.05) is 16.9 Å². The monoisotopic (exact) mass is 261 g/mol. The normalized spacial score (nSPS) is 14.8. The first kappa shape index (κ1) is 12.3. The van der Waals surface area contributed by atoms with Crippen molar-refractivity contribution in [3.63, 3.8) is 0 Å². The number of rotatable bonds is 7. The summed E-state index contributed by atoms with van der Waals surface area (Å²) in [6.07, 6.45) is 7.93. The fourth-order valence-corrected chi connectivity index (χ4v) is 1.93. The third-order valence-electron chi connectivity index (χ3n) is 3.29. The fraction of sp³-hybridized carbons (Fsp3) is 0.500. The first-order valence-electron chi connectivity index (χ1n) is 6.79. The van der Waals surface area contributed by atoms with Gasteiger partial charge < -0.3 is 14.5 Å². The van der Waals surface area contributed by atoms with Gasteiger partial charge in [0.25, 0.3) is 0 Å². The highest BCUT2D eigenvalue weighted by Crippen LogP contribution is 2.21. The summed E-state index contributed by atoms with van der Waals surface area (Å²) in [7, 11) is 0. The summed E-state index contributed by atoms with van der Waals surface area (Å²) in [5.74, 6) is 1.76. The van der Waals surface area contributed by atoms with E-state index in [1.165, 1.54) is 12.8 Å². The third-order valence-corrected chi connectivity index (χ3v) is 3.29. The zero-order valence-electron chi connectivity index (χ0n) is 11.1. The average Bonchev–Trinajstić information content (AvgIpc) is 2.98. The van der Waals surface area contributed by atoms with Crippen molar-refractivity contribution in [2.45, 2.75) is 45.5 Å². The minimum absolute atomic E-state index is 0.521. The maximum atomic E-state index is 5.72. The molecule has 19 heavy (non-hydrogen) atoms. The smallest absolute Gasteiger partial charge is 0.157 e. The lowest BCUT2D eigenvalue weighted by atomic mass is 10.2. The van der Waals surface area contributed by atoms with Gasteiger partial charge in [0.15, 0.2) is 5.75 Å². The standard InChI is InChI=1S/C14H19N3O2/c1-2-17-9-13(7-16-17)19-10-11-5-6-18-14(11)8-15-12-3-4-12/h5-7,9,12,15H,2-4,8,10H2,1H3. The van der Waals surface area contributed by atoms with Gasteiger partial charge in [0.1, 0.15) is 12.4 Å². The molecule has 0 saturated heterocycles. The predicted molar refractivity (Wildman–Crippen MR) is 70.8 cm³/mol. The molecule has 0 spiro atoms. The first-order chi connectivity index (χ1) is 9.35. The maximum Gasteiger partial charge on any atom is 0.157 e. The lowest BCUT2D eigenvalue weighted by molar-refractivity contribution is 0.301. The summed E-state index contributed by atoms with van der Waals surface area (Å²) in [5.41, 5.74) is 1.09. The second kappa shape index (κ2) is 5.48. The Morgan fingerprint density at radius 1 is 1.53 bits per heavy atom. The minimum Gasteiger partial charge on any atom is -0.485 e. The molecule has 5 heteroatoms. The predicted octanol–water partition coefficient (Wildman–Crippen LogP) is 2.33. The molecule has 2 heterocycles. The second-order valence-corrected chi connectivity index (χ2v) is 4.84. The molecule has 5 nitrogen and oxygen atoms in total. The van der Waals surface area contributed by atoms with Gasteiger partial charge in [0, 0.05) is 18.2 Å². The van der Waals surface area contributed by atoms with E-state index in [-0.39, 0.29) is 0 Å². The highest BCUT2D eigenvalue weighted by Gasteiger charge is 2.21. The number of aromatic nitrogens is 2. The van der Waals surface area contributed by atoms with Crippen LogP contribution in [0.4, 0.5) is 0 Å². The van der Waals surface area contributed by atoms with Crippen LogP contribution in [-0.2, 0) is 19.7 Å². The van der Waals surface area contributed by atoms with E-state index in [4.69, 9.17) is 9.15 Å². The van der Waals surface area contributed by atoms with Crippen LogP contribution >= 0.6 is 0 Å². The number of hydrogen-bond donors (Lipinski definition) is 1. The number of nitrogens with zero attached hydrogens (tertiary/aromatic N) is 2. The zero-order valence-corrected chi connectivity index (χ0v) is 11.1. The minimum atomic E-state index is 0.521. The van der Waals surface area contributed by atoms with Crippen LogP contribution in [0.3, 0.4) is 0 Å². The molecular weight excluding hydrogens is 242 g/mol. The summed E-state index contributed by atoms with van der Waals surface area (Å²) in [6, 6.07) is 2.65. The van der Waals surface area contributed by atoms with Crippen molar-refractivity contribution in [2.75, 3.05) is 0 Å². The van der Waals surface area contributed by atoms with E-state index in [0.717, 1.165) is 30.2 Å². The van der Waals surface area contributed by atoms with Crippen molar-refractivity contribution in [1.29, 1.82) is 0 Å². The Labute approximate surface area is 112 Å². The van der Waals surface area contributed by atoms with Crippen LogP contribution in [0.5, 0.6) is 5.75 Å². The number of nitrogens with one attached hydrogen (secondary N) is 1. The highest BCUT2D eigenvalue weighted by molar-refractivity contribution is 5.19. The molecule has 2 aromatic rings. The first-order valence-corrected chi connectivity index (χ1v) is 6.79. The van der Waals surface area contributed by atoms with Crippen LogP contribution in [0.2, 0.25) is 0 Å². The Kier molecular flexibility index (Phi) is 3.55. The van der Waals surface area contributed by atoms with E-state index in [2.05, 4.69) is 17.3 Å². The van der Waals surface area contributed by atoms with E-state index in [1.54, 1.807) is 12.5 Å². The van der Waals surface area contributed by atoms with Crippen molar-refractivity contribution < 1.29 is 9.15 Å². The van der Waals surface area contributed by atoms with Crippen molar-refractivity contribution in [2.24, 2.45) is 0 Å². The largest absolute Gasteiger partial charge is 0.485 e. The molecule has 2 aromatic heterocycles. The summed E-state index contributed by atoms with van der Waals surface area (Å²) in [4.78, 5) is 0. The van der Waals surface area contributed by atoms with Gasteiger partial charge in [-0.05, 0) is 25.8 Å². The lowest BCUT2D eigenvalue weighted by Gasteiger charge is -2.05. The summed E-state index contributed by atoms with van der Waals surface area (Å²) < 4.78 is 13.1. The van der Waals surface area contributed by atoms with Gasteiger partial charge in [0.2, 0.25) is 0 Å². The Morgan fingerprint density at radius 3 is 3.16 bits per heavy atom.